The molecule has 2 rings (SSSR count). The number of hydrogen-bond donors (Lipinski definition) is 2. The molecule has 1 aromatic rings. The molecule has 3 atom stereocenters. The van der Waals surface area contributed by atoms with Gasteiger partial charge >= 0.3 is 5.97 Å². The van der Waals surface area contributed by atoms with Crippen LogP contribution >= 0.6 is 0 Å². The summed E-state index contributed by atoms with van der Waals surface area (Å²) in [6, 6.07) is 5.19. The highest BCUT2D eigenvalue weighted by atomic mass is 32.2. The van der Waals surface area contributed by atoms with Gasteiger partial charge in [0.05, 0.1) is 0 Å². The van der Waals surface area contributed by atoms with Gasteiger partial charge in [0.25, 0.3) is 0 Å². The van der Waals surface area contributed by atoms with Crippen LogP contribution in [0.5, 0.6) is 0 Å². The van der Waals surface area contributed by atoms with Gasteiger partial charge in [-0.25, -0.2) is 0 Å². The van der Waals surface area contributed by atoms with Gasteiger partial charge in [0.2, 0.25) is 0 Å². The lowest BCUT2D eigenvalue weighted by Gasteiger charge is -2.29. The van der Waals surface area contributed by atoms with Gasteiger partial charge in [-0.15, -0.1) is 0 Å². The van der Waals surface area contributed by atoms with Crippen molar-refractivity contribution < 1.29 is 14.1 Å². The van der Waals surface area contributed by atoms with Crippen LogP contribution in [0.15, 0.2) is 18.2 Å². The first kappa shape index (κ1) is 13.2. The average Bonchev–Trinajstić information content (AvgIpc) is 2.27. The third kappa shape index (κ3) is 2.79. The van der Waals surface area contributed by atoms with E-state index in [4.69, 9.17) is 5.11 Å². The minimum Gasteiger partial charge on any atom is -0.480 e. The second-order valence-corrected chi connectivity index (χ2v) is 6.29. The molecule has 2 N–H and O–H groups in total. The van der Waals surface area contributed by atoms with Crippen LogP contribution < -0.4 is 5.32 Å². The number of rotatable bonds is 2. The molecule has 1 aliphatic heterocycles. The summed E-state index contributed by atoms with van der Waals surface area (Å²) >= 11 is 0. The Morgan fingerprint density at radius 2 is 2.11 bits per heavy atom. The monoisotopic (exact) mass is 267 g/mol. The fraction of sp³-hybridized carbons (Fsp3) is 0.462. The summed E-state index contributed by atoms with van der Waals surface area (Å²) in [6.45, 7) is 4.01. The summed E-state index contributed by atoms with van der Waals surface area (Å²) < 4.78 is 11.7. The molecule has 0 radical (unpaired) electrons. The molecule has 0 amide bonds. The lowest BCUT2D eigenvalue weighted by atomic mass is 9.99. The standard InChI is InChI=1S/C13H17NO3S/c1-8-3-4-10(9(2)5-8)11-6-18(17)7-12(14-11)13(15)16/h3-5,11-12,14H,6-7H2,1-2H3,(H,15,16). The van der Waals surface area contributed by atoms with Crippen LogP contribution in [0, 0.1) is 13.8 Å². The van der Waals surface area contributed by atoms with Gasteiger partial charge in [0, 0.05) is 28.3 Å². The second-order valence-electron chi connectivity index (χ2n) is 4.74. The van der Waals surface area contributed by atoms with Gasteiger partial charge in [0.15, 0.2) is 0 Å². The van der Waals surface area contributed by atoms with Crippen LogP contribution in [0.1, 0.15) is 22.7 Å². The van der Waals surface area contributed by atoms with E-state index in [0.29, 0.717) is 5.75 Å². The van der Waals surface area contributed by atoms with Gasteiger partial charge in [-0.3, -0.25) is 14.3 Å². The van der Waals surface area contributed by atoms with Crippen molar-refractivity contribution in [1.29, 1.82) is 0 Å². The lowest BCUT2D eigenvalue weighted by molar-refractivity contribution is -0.139. The number of aryl methyl sites for hydroxylation is 2. The maximum atomic E-state index is 11.7. The highest BCUT2D eigenvalue weighted by Crippen LogP contribution is 2.23. The molecule has 0 bridgehead atoms. The summed E-state index contributed by atoms with van der Waals surface area (Å²) in [5.74, 6) is -0.262. The van der Waals surface area contributed by atoms with E-state index >= 15 is 0 Å². The van der Waals surface area contributed by atoms with Crippen molar-refractivity contribution in [3.63, 3.8) is 0 Å². The fourth-order valence-corrected chi connectivity index (χ4v) is 3.71. The van der Waals surface area contributed by atoms with E-state index in [0.717, 1.165) is 11.1 Å². The van der Waals surface area contributed by atoms with Crippen LogP contribution in [-0.2, 0) is 15.6 Å². The van der Waals surface area contributed by atoms with Crippen molar-refractivity contribution in [2.45, 2.75) is 25.9 Å². The molecule has 98 valence electrons. The number of carbonyl (C=O) groups is 1. The van der Waals surface area contributed by atoms with Crippen molar-refractivity contribution in [2.75, 3.05) is 11.5 Å². The van der Waals surface area contributed by atoms with E-state index in [1.807, 2.05) is 26.0 Å². The van der Waals surface area contributed by atoms with Crippen molar-refractivity contribution in [2.24, 2.45) is 0 Å². The molecule has 1 saturated heterocycles. The second kappa shape index (κ2) is 5.20. The molecule has 0 saturated carbocycles. The van der Waals surface area contributed by atoms with Gasteiger partial charge < -0.3 is 5.11 Å². The number of carboxylic acid groups (broad SMARTS) is 1. The quantitative estimate of drug-likeness (QED) is 0.843. The Morgan fingerprint density at radius 3 is 2.72 bits per heavy atom. The predicted molar refractivity (Wildman–Crippen MR) is 71.1 cm³/mol. The van der Waals surface area contributed by atoms with E-state index in [-0.39, 0.29) is 11.8 Å². The molecule has 1 fully saturated rings. The molecule has 4 nitrogen and oxygen atoms in total. The molecule has 5 heteroatoms. The van der Waals surface area contributed by atoms with Crippen LogP contribution in [-0.4, -0.2) is 32.8 Å². The Hall–Kier alpha value is -1.20. The van der Waals surface area contributed by atoms with Crippen LogP contribution in [0.3, 0.4) is 0 Å². The fourth-order valence-electron chi connectivity index (χ4n) is 2.32. The molecular formula is C13H17NO3S. The van der Waals surface area contributed by atoms with Gasteiger partial charge in [-0.2, -0.15) is 0 Å². The summed E-state index contributed by atoms with van der Waals surface area (Å²) in [7, 11) is -1.08. The van der Waals surface area contributed by atoms with Crippen molar-refractivity contribution in [3.05, 3.63) is 34.9 Å². The van der Waals surface area contributed by atoms with E-state index in [2.05, 4.69) is 11.4 Å². The normalized spacial score (nSPS) is 28.0. The van der Waals surface area contributed by atoms with Gasteiger partial charge in [0.1, 0.15) is 6.04 Å². The molecule has 1 aromatic carbocycles. The number of benzene rings is 1. The Balaban J connectivity index is 2.26. The van der Waals surface area contributed by atoms with Crippen molar-refractivity contribution in [1.82, 2.24) is 5.32 Å². The highest BCUT2D eigenvalue weighted by Gasteiger charge is 2.31. The zero-order chi connectivity index (χ0) is 13.3. The third-order valence-corrected chi connectivity index (χ3v) is 4.62. The Morgan fingerprint density at radius 1 is 1.39 bits per heavy atom. The molecule has 0 spiro atoms. The maximum absolute atomic E-state index is 11.7. The van der Waals surface area contributed by atoms with E-state index < -0.39 is 22.8 Å². The smallest absolute Gasteiger partial charge is 0.321 e. The van der Waals surface area contributed by atoms with Crippen LogP contribution in [0.4, 0.5) is 0 Å². The largest absolute Gasteiger partial charge is 0.480 e. The molecule has 1 aliphatic rings. The highest BCUT2D eigenvalue weighted by molar-refractivity contribution is 7.85. The lowest BCUT2D eigenvalue weighted by Crippen LogP contribution is -2.49. The Bertz CT molecular complexity index is 501. The van der Waals surface area contributed by atoms with Crippen LogP contribution in [0.25, 0.3) is 0 Å². The van der Waals surface area contributed by atoms with Crippen LogP contribution in [0.2, 0.25) is 0 Å². The first-order chi connectivity index (χ1) is 8.47. The molecule has 18 heavy (non-hydrogen) atoms. The predicted octanol–water partition coefficient (Wildman–Crippen LogP) is 1.15. The molecule has 3 unspecified atom stereocenters. The summed E-state index contributed by atoms with van der Waals surface area (Å²) in [5.41, 5.74) is 3.32. The Labute approximate surface area is 109 Å². The SMILES string of the molecule is Cc1ccc(C2CS(=O)CC(C(=O)O)N2)c(C)c1. The van der Waals surface area contributed by atoms with E-state index in [9.17, 15) is 9.00 Å². The summed E-state index contributed by atoms with van der Waals surface area (Å²) in [6.07, 6.45) is 0. The number of hydrogen-bond acceptors (Lipinski definition) is 3. The zero-order valence-corrected chi connectivity index (χ0v) is 11.3. The van der Waals surface area contributed by atoms with E-state index in [1.54, 1.807) is 0 Å². The topological polar surface area (TPSA) is 66.4 Å². The molecule has 0 aromatic heterocycles. The first-order valence-electron chi connectivity index (χ1n) is 5.88. The summed E-state index contributed by atoms with van der Waals surface area (Å²) in [4.78, 5) is 11.0. The number of aliphatic carboxylic acids is 1. The van der Waals surface area contributed by atoms with Gasteiger partial charge in [-0.05, 0) is 25.0 Å². The zero-order valence-electron chi connectivity index (χ0n) is 10.5. The third-order valence-electron chi connectivity index (χ3n) is 3.21. The summed E-state index contributed by atoms with van der Waals surface area (Å²) in [5, 5.41) is 12.1. The first-order valence-corrected chi connectivity index (χ1v) is 7.37. The van der Waals surface area contributed by atoms with E-state index in [1.165, 1.54) is 5.56 Å². The maximum Gasteiger partial charge on any atom is 0.321 e. The molecule has 0 aliphatic carbocycles. The molecular weight excluding hydrogens is 250 g/mol. The minimum absolute atomic E-state index is 0.138. The van der Waals surface area contributed by atoms with Crippen molar-refractivity contribution in [3.8, 4) is 0 Å². The Kier molecular flexibility index (Phi) is 3.82. The number of nitrogens with one attached hydrogen (secondary N) is 1. The van der Waals surface area contributed by atoms with Gasteiger partial charge in [-0.1, -0.05) is 23.8 Å². The van der Waals surface area contributed by atoms with Crippen molar-refractivity contribution >= 4 is 16.8 Å². The average molecular weight is 267 g/mol. The molecule has 1 heterocycles. The minimum atomic E-state index is -1.08. The number of carboxylic acids is 1.